The molecule has 0 aliphatic heterocycles. The first-order valence-electron chi connectivity index (χ1n) is 7.10. The number of hydrogen-bond acceptors (Lipinski definition) is 2. The quantitative estimate of drug-likeness (QED) is 0.730. The molecule has 2 heteroatoms. The Kier molecular flexibility index (Phi) is 5.77. The van der Waals surface area contributed by atoms with E-state index in [0.717, 1.165) is 25.4 Å². The van der Waals surface area contributed by atoms with Gasteiger partial charge in [0.05, 0.1) is 0 Å². The molecule has 1 fully saturated rings. The van der Waals surface area contributed by atoms with E-state index in [0.29, 0.717) is 0 Å². The van der Waals surface area contributed by atoms with Crippen molar-refractivity contribution in [3.05, 3.63) is 0 Å². The fourth-order valence-corrected chi connectivity index (χ4v) is 2.80. The molecule has 0 amide bonds. The van der Waals surface area contributed by atoms with Crippen LogP contribution in [0, 0.1) is 0 Å². The Labute approximate surface area is 102 Å². The molecule has 0 unspecified atom stereocenters. The van der Waals surface area contributed by atoms with E-state index < -0.39 is 0 Å². The van der Waals surface area contributed by atoms with Gasteiger partial charge in [0.25, 0.3) is 0 Å². The van der Waals surface area contributed by atoms with Gasteiger partial charge in [-0.1, -0.05) is 39.5 Å². The van der Waals surface area contributed by atoms with Crippen molar-refractivity contribution in [1.82, 2.24) is 4.90 Å². The van der Waals surface area contributed by atoms with E-state index in [1.54, 1.807) is 0 Å². The van der Waals surface area contributed by atoms with Crippen LogP contribution in [0.15, 0.2) is 0 Å². The van der Waals surface area contributed by atoms with Crippen molar-refractivity contribution in [3.8, 4) is 0 Å². The van der Waals surface area contributed by atoms with Gasteiger partial charge in [-0.3, -0.25) is 0 Å². The van der Waals surface area contributed by atoms with Gasteiger partial charge in [-0.15, -0.1) is 0 Å². The summed E-state index contributed by atoms with van der Waals surface area (Å²) in [6.45, 7) is 5.49. The summed E-state index contributed by atoms with van der Waals surface area (Å²) in [6, 6.07) is 0.781. The van der Waals surface area contributed by atoms with Gasteiger partial charge < -0.3 is 10.6 Å². The zero-order valence-corrected chi connectivity index (χ0v) is 11.5. The maximum Gasteiger partial charge on any atom is 0.0278 e. The van der Waals surface area contributed by atoms with Gasteiger partial charge in [0.2, 0.25) is 0 Å². The van der Waals surface area contributed by atoms with Gasteiger partial charge in [-0.2, -0.15) is 0 Å². The number of rotatable bonds is 5. The fourth-order valence-electron chi connectivity index (χ4n) is 2.80. The first kappa shape index (κ1) is 14.0. The standard InChI is InChI=1S/C14H30N2/c1-4-14(15,5-2)12-16(3)13-10-8-6-7-9-11-13/h13H,4-12,15H2,1-3H3. The molecule has 16 heavy (non-hydrogen) atoms. The molecular weight excluding hydrogens is 196 g/mol. The Morgan fingerprint density at radius 3 is 2.00 bits per heavy atom. The van der Waals surface area contributed by atoms with Gasteiger partial charge >= 0.3 is 0 Å². The van der Waals surface area contributed by atoms with E-state index in [4.69, 9.17) is 5.73 Å². The lowest BCUT2D eigenvalue weighted by atomic mass is 9.92. The predicted molar refractivity (Wildman–Crippen MR) is 71.6 cm³/mol. The van der Waals surface area contributed by atoms with Crippen LogP contribution in [0.5, 0.6) is 0 Å². The van der Waals surface area contributed by atoms with Gasteiger partial charge in [0.15, 0.2) is 0 Å². The highest BCUT2D eigenvalue weighted by atomic mass is 15.1. The van der Waals surface area contributed by atoms with Crippen LogP contribution < -0.4 is 5.73 Å². The Morgan fingerprint density at radius 2 is 1.56 bits per heavy atom. The Bertz CT molecular complexity index is 179. The summed E-state index contributed by atoms with van der Waals surface area (Å²) in [5, 5.41) is 0. The first-order valence-corrected chi connectivity index (χ1v) is 7.10. The average Bonchev–Trinajstić information content (AvgIpc) is 2.57. The van der Waals surface area contributed by atoms with E-state index in [2.05, 4.69) is 25.8 Å². The summed E-state index contributed by atoms with van der Waals surface area (Å²) in [5.41, 5.74) is 6.43. The maximum atomic E-state index is 6.40. The van der Waals surface area contributed by atoms with Crippen LogP contribution in [-0.2, 0) is 0 Å². The highest BCUT2D eigenvalue weighted by molar-refractivity contribution is 4.86. The summed E-state index contributed by atoms with van der Waals surface area (Å²) < 4.78 is 0. The van der Waals surface area contributed by atoms with E-state index in [-0.39, 0.29) is 5.54 Å². The van der Waals surface area contributed by atoms with Gasteiger partial charge in [0, 0.05) is 18.1 Å². The smallest absolute Gasteiger partial charge is 0.0278 e. The molecule has 2 N–H and O–H groups in total. The first-order chi connectivity index (χ1) is 7.61. The highest BCUT2D eigenvalue weighted by Crippen LogP contribution is 2.23. The second-order valence-corrected chi connectivity index (χ2v) is 5.63. The highest BCUT2D eigenvalue weighted by Gasteiger charge is 2.26. The van der Waals surface area contributed by atoms with E-state index in [1.165, 1.54) is 38.5 Å². The van der Waals surface area contributed by atoms with Crippen LogP contribution in [0.4, 0.5) is 0 Å². The SMILES string of the molecule is CCC(N)(CC)CN(C)C1CCCCCC1. The molecule has 0 heterocycles. The van der Waals surface area contributed by atoms with Crippen LogP contribution in [-0.4, -0.2) is 30.1 Å². The molecule has 0 bridgehead atoms. The van der Waals surface area contributed by atoms with Crippen LogP contribution in [0.3, 0.4) is 0 Å². The van der Waals surface area contributed by atoms with Crippen LogP contribution >= 0.6 is 0 Å². The van der Waals surface area contributed by atoms with Crippen molar-refractivity contribution < 1.29 is 0 Å². The minimum Gasteiger partial charge on any atom is -0.324 e. The normalized spacial score (nSPS) is 20.1. The second-order valence-electron chi connectivity index (χ2n) is 5.63. The molecule has 0 saturated heterocycles. The molecule has 0 aromatic heterocycles. The van der Waals surface area contributed by atoms with E-state index in [1.807, 2.05) is 0 Å². The van der Waals surface area contributed by atoms with Crippen LogP contribution in [0.25, 0.3) is 0 Å². The van der Waals surface area contributed by atoms with E-state index in [9.17, 15) is 0 Å². The molecule has 0 radical (unpaired) electrons. The molecule has 1 rings (SSSR count). The second kappa shape index (κ2) is 6.61. The molecule has 96 valence electrons. The predicted octanol–water partition coefficient (Wildman–Crippen LogP) is 3.16. The molecule has 1 aliphatic rings. The number of hydrogen-bond donors (Lipinski definition) is 1. The molecule has 0 aromatic carbocycles. The van der Waals surface area contributed by atoms with Crippen LogP contribution in [0.1, 0.15) is 65.2 Å². The number of likely N-dealkylation sites (N-methyl/N-ethyl adjacent to an activating group) is 1. The third kappa shape index (κ3) is 4.06. The maximum absolute atomic E-state index is 6.40. The van der Waals surface area contributed by atoms with Crippen molar-refractivity contribution in [3.63, 3.8) is 0 Å². The topological polar surface area (TPSA) is 29.3 Å². The zero-order valence-electron chi connectivity index (χ0n) is 11.5. The molecule has 0 aromatic rings. The Morgan fingerprint density at radius 1 is 1.06 bits per heavy atom. The van der Waals surface area contributed by atoms with E-state index >= 15 is 0 Å². The minimum atomic E-state index is 0.0288. The van der Waals surface area contributed by atoms with Crippen molar-refractivity contribution in [2.24, 2.45) is 5.73 Å². The Hall–Kier alpha value is -0.0800. The zero-order chi connectivity index (χ0) is 12.0. The lowest BCUT2D eigenvalue weighted by molar-refractivity contribution is 0.166. The molecule has 2 nitrogen and oxygen atoms in total. The van der Waals surface area contributed by atoms with Crippen molar-refractivity contribution in [1.29, 1.82) is 0 Å². The Balaban J connectivity index is 2.45. The fraction of sp³-hybridized carbons (Fsp3) is 1.00. The van der Waals surface area contributed by atoms with Gasteiger partial charge in [-0.05, 0) is 32.7 Å². The summed E-state index contributed by atoms with van der Waals surface area (Å²) in [6.07, 6.45) is 10.6. The third-order valence-corrected chi connectivity index (χ3v) is 4.42. The molecule has 0 spiro atoms. The summed E-state index contributed by atoms with van der Waals surface area (Å²) in [7, 11) is 2.27. The molecular formula is C14H30N2. The van der Waals surface area contributed by atoms with Crippen molar-refractivity contribution in [2.75, 3.05) is 13.6 Å². The molecule has 1 aliphatic carbocycles. The van der Waals surface area contributed by atoms with Crippen molar-refractivity contribution in [2.45, 2.75) is 76.8 Å². The summed E-state index contributed by atoms with van der Waals surface area (Å²) >= 11 is 0. The van der Waals surface area contributed by atoms with Gasteiger partial charge in [-0.25, -0.2) is 0 Å². The largest absolute Gasteiger partial charge is 0.324 e. The molecule has 0 atom stereocenters. The molecule has 1 saturated carbocycles. The van der Waals surface area contributed by atoms with Crippen LogP contribution in [0.2, 0.25) is 0 Å². The monoisotopic (exact) mass is 226 g/mol. The summed E-state index contributed by atoms with van der Waals surface area (Å²) in [4.78, 5) is 2.53. The number of nitrogens with two attached hydrogens (primary N) is 1. The average molecular weight is 226 g/mol. The van der Waals surface area contributed by atoms with Crippen molar-refractivity contribution >= 4 is 0 Å². The summed E-state index contributed by atoms with van der Waals surface area (Å²) in [5.74, 6) is 0. The number of nitrogens with zero attached hydrogens (tertiary/aromatic N) is 1. The lowest BCUT2D eigenvalue weighted by Crippen LogP contribution is -2.50. The third-order valence-electron chi connectivity index (χ3n) is 4.42. The minimum absolute atomic E-state index is 0.0288. The lowest BCUT2D eigenvalue weighted by Gasteiger charge is -2.36. The van der Waals surface area contributed by atoms with Gasteiger partial charge in [0.1, 0.15) is 0 Å².